The number of benzene rings is 2. The number of rotatable bonds is 7. The first kappa shape index (κ1) is 20.7. The van der Waals surface area contributed by atoms with Gasteiger partial charge >= 0.3 is 0 Å². The first-order valence-corrected chi connectivity index (χ1v) is 10.5. The zero-order valence-electron chi connectivity index (χ0n) is 15.5. The number of carbonyl (C=O) groups excluding carboxylic acids is 1. The Morgan fingerprint density at radius 3 is 2.64 bits per heavy atom. The molecule has 28 heavy (non-hydrogen) atoms. The fraction of sp³-hybridized carbons (Fsp3) is 0.250. The molecular weight excluding hydrogens is 415 g/mol. The van der Waals surface area contributed by atoms with Gasteiger partial charge in [-0.3, -0.25) is 4.79 Å². The van der Waals surface area contributed by atoms with Crippen LogP contribution in [0, 0.1) is 6.92 Å². The lowest BCUT2D eigenvalue weighted by molar-refractivity contribution is -0.119. The molecule has 5 nitrogen and oxygen atoms in total. The van der Waals surface area contributed by atoms with E-state index >= 15 is 0 Å². The predicted molar refractivity (Wildman–Crippen MR) is 114 cm³/mol. The summed E-state index contributed by atoms with van der Waals surface area (Å²) in [4.78, 5) is 12.4. The topological polar surface area (TPSA) is 59.8 Å². The number of halogens is 2. The van der Waals surface area contributed by atoms with E-state index in [9.17, 15) is 4.79 Å². The van der Waals surface area contributed by atoms with E-state index in [-0.39, 0.29) is 17.7 Å². The Hall–Kier alpha value is -2.02. The Morgan fingerprint density at radius 1 is 1.18 bits per heavy atom. The lowest BCUT2D eigenvalue weighted by Crippen LogP contribution is -2.28. The third-order valence-corrected chi connectivity index (χ3v) is 5.75. The highest BCUT2D eigenvalue weighted by Crippen LogP contribution is 2.26. The minimum Gasteiger partial charge on any atom is -0.349 e. The van der Waals surface area contributed by atoms with Gasteiger partial charge in [-0.25, -0.2) is 0 Å². The first-order valence-electron chi connectivity index (χ1n) is 8.75. The molecule has 0 aliphatic carbocycles. The average Bonchev–Trinajstić information content (AvgIpc) is 3.00. The van der Waals surface area contributed by atoms with Crippen molar-refractivity contribution in [2.75, 3.05) is 5.75 Å². The van der Waals surface area contributed by atoms with Crippen LogP contribution in [0.3, 0.4) is 0 Å². The van der Waals surface area contributed by atoms with Crippen molar-refractivity contribution in [2.45, 2.75) is 31.6 Å². The SMILES string of the molecule is Cc1nnc(SCC(=O)NC(C)c2ccc(Cl)cc2Cl)n1Cc1ccccc1. The number of nitrogens with zero attached hydrogens (tertiary/aromatic N) is 3. The Kier molecular flexibility index (Phi) is 6.99. The molecule has 1 amide bonds. The van der Waals surface area contributed by atoms with Gasteiger partial charge in [-0.2, -0.15) is 0 Å². The highest BCUT2D eigenvalue weighted by Gasteiger charge is 2.16. The molecule has 0 saturated heterocycles. The van der Waals surface area contributed by atoms with Gasteiger partial charge in [0.1, 0.15) is 5.82 Å². The number of amides is 1. The lowest BCUT2D eigenvalue weighted by Gasteiger charge is -2.16. The van der Waals surface area contributed by atoms with Crippen molar-refractivity contribution in [3.05, 3.63) is 75.5 Å². The van der Waals surface area contributed by atoms with Gasteiger partial charge in [-0.1, -0.05) is 71.4 Å². The summed E-state index contributed by atoms with van der Waals surface area (Å²) >= 11 is 13.5. The molecule has 0 saturated carbocycles. The number of nitrogens with one attached hydrogen (secondary N) is 1. The average molecular weight is 435 g/mol. The highest BCUT2D eigenvalue weighted by molar-refractivity contribution is 7.99. The van der Waals surface area contributed by atoms with Crippen molar-refractivity contribution < 1.29 is 4.79 Å². The second-order valence-electron chi connectivity index (χ2n) is 6.35. The van der Waals surface area contributed by atoms with Crippen LogP contribution in [0.15, 0.2) is 53.7 Å². The molecule has 3 aromatic rings. The van der Waals surface area contributed by atoms with Gasteiger partial charge < -0.3 is 9.88 Å². The van der Waals surface area contributed by atoms with Crippen LogP contribution in [0.2, 0.25) is 10.0 Å². The maximum atomic E-state index is 12.4. The van der Waals surface area contributed by atoms with Gasteiger partial charge in [0.15, 0.2) is 5.16 Å². The predicted octanol–water partition coefficient (Wildman–Crippen LogP) is 4.91. The van der Waals surface area contributed by atoms with Crippen LogP contribution in [0.5, 0.6) is 0 Å². The summed E-state index contributed by atoms with van der Waals surface area (Å²) in [7, 11) is 0. The maximum absolute atomic E-state index is 12.4. The molecule has 0 radical (unpaired) electrons. The Bertz CT molecular complexity index is 962. The Morgan fingerprint density at radius 2 is 1.93 bits per heavy atom. The van der Waals surface area contributed by atoms with Crippen LogP contribution in [0.1, 0.15) is 29.9 Å². The molecule has 1 N–H and O–H groups in total. The van der Waals surface area contributed by atoms with Gasteiger partial charge in [0.2, 0.25) is 5.91 Å². The molecular formula is C20H20Cl2N4OS. The van der Waals surface area contributed by atoms with Crippen LogP contribution in [0.4, 0.5) is 0 Å². The fourth-order valence-corrected chi connectivity index (χ4v) is 4.13. The lowest BCUT2D eigenvalue weighted by atomic mass is 10.1. The van der Waals surface area contributed by atoms with Crippen LogP contribution < -0.4 is 5.32 Å². The van der Waals surface area contributed by atoms with E-state index in [1.807, 2.05) is 42.7 Å². The number of hydrogen-bond acceptors (Lipinski definition) is 4. The van der Waals surface area contributed by atoms with E-state index in [1.165, 1.54) is 11.8 Å². The van der Waals surface area contributed by atoms with Crippen molar-refractivity contribution in [2.24, 2.45) is 0 Å². The number of hydrogen-bond donors (Lipinski definition) is 1. The number of thioether (sulfide) groups is 1. The van der Waals surface area contributed by atoms with E-state index in [0.717, 1.165) is 17.0 Å². The number of aryl methyl sites for hydroxylation is 1. The Labute approximate surface area is 178 Å². The second-order valence-corrected chi connectivity index (χ2v) is 8.13. The third kappa shape index (κ3) is 5.28. The third-order valence-electron chi connectivity index (χ3n) is 4.22. The van der Waals surface area contributed by atoms with Crippen molar-refractivity contribution in [3.8, 4) is 0 Å². The monoisotopic (exact) mass is 434 g/mol. The summed E-state index contributed by atoms with van der Waals surface area (Å²) < 4.78 is 2.01. The van der Waals surface area contributed by atoms with Gasteiger partial charge in [0.05, 0.1) is 18.3 Å². The number of carbonyl (C=O) groups is 1. The molecule has 8 heteroatoms. The number of aromatic nitrogens is 3. The molecule has 0 aliphatic rings. The minimum absolute atomic E-state index is 0.101. The first-order chi connectivity index (χ1) is 13.4. The van der Waals surface area contributed by atoms with Crippen LogP contribution in [0.25, 0.3) is 0 Å². The molecule has 0 fully saturated rings. The zero-order valence-corrected chi connectivity index (χ0v) is 17.9. The summed E-state index contributed by atoms with van der Waals surface area (Å²) in [5.74, 6) is 0.950. The Balaban J connectivity index is 1.60. The largest absolute Gasteiger partial charge is 0.349 e. The van der Waals surface area contributed by atoms with Crippen LogP contribution in [-0.2, 0) is 11.3 Å². The molecule has 1 aromatic heterocycles. The van der Waals surface area contributed by atoms with Gasteiger partial charge in [0.25, 0.3) is 0 Å². The van der Waals surface area contributed by atoms with Crippen molar-refractivity contribution in [3.63, 3.8) is 0 Å². The van der Waals surface area contributed by atoms with Crippen LogP contribution in [-0.4, -0.2) is 26.4 Å². The van der Waals surface area contributed by atoms with Crippen LogP contribution >= 0.6 is 35.0 Å². The molecule has 1 heterocycles. The summed E-state index contributed by atoms with van der Waals surface area (Å²) in [6.45, 7) is 4.46. The summed E-state index contributed by atoms with van der Waals surface area (Å²) in [5, 5.41) is 13.1. The summed E-state index contributed by atoms with van der Waals surface area (Å²) in [5.41, 5.74) is 1.98. The molecule has 3 rings (SSSR count). The maximum Gasteiger partial charge on any atom is 0.230 e. The van der Waals surface area contributed by atoms with Crippen molar-refractivity contribution >= 4 is 40.9 Å². The van der Waals surface area contributed by atoms with E-state index in [4.69, 9.17) is 23.2 Å². The summed E-state index contributed by atoms with van der Waals surface area (Å²) in [6.07, 6.45) is 0. The van der Waals surface area contributed by atoms with E-state index < -0.39 is 0 Å². The smallest absolute Gasteiger partial charge is 0.230 e. The zero-order chi connectivity index (χ0) is 20.1. The second kappa shape index (κ2) is 9.45. The highest BCUT2D eigenvalue weighted by atomic mass is 35.5. The van der Waals surface area contributed by atoms with Crippen molar-refractivity contribution in [1.29, 1.82) is 0 Å². The summed E-state index contributed by atoms with van der Waals surface area (Å²) in [6, 6.07) is 15.1. The molecule has 2 aromatic carbocycles. The normalized spacial score (nSPS) is 12.0. The van der Waals surface area contributed by atoms with Gasteiger partial charge in [-0.15, -0.1) is 10.2 Å². The van der Waals surface area contributed by atoms with E-state index in [1.54, 1.807) is 12.1 Å². The molecule has 1 unspecified atom stereocenters. The molecule has 0 aliphatic heterocycles. The van der Waals surface area contributed by atoms with Gasteiger partial charge in [-0.05, 0) is 37.1 Å². The molecule has 0 bridgehead atoms. The van der Waals surface area contributed by atoms with E-state index in [2.05, 4.69) is 27.6 Å². The molecule has 1 atom stereocenters. The fourth-order valence-electron chi connectivity index (χ4n) is 2.76. The molecule has 0 spiro atoms. The minimum atomic E-state index is -0.221. The van der Waals surface area contributed by atoms with Gasteiger partial charge in [0, 0.05) is 10.0 Å². The standard InChI is InChI=1S/C20H20Cl2N4OS/c1-13(17-9-8-16(21)10-18(17)22)23-19(27)12-28-20-25-24-14(2)26(20)11-15-6-4-3-5-7-15/h3-10,13H,11-12H2,1-2H3,(H,23,27). The quantitative estimate of drug-likeness (QED) is 0.536. The van der Waals surface area contributed by atoms with E-state index in [0.29, 0.717) is 21.7 Å². The molecule has 146 valence electrons. The van der Waals surface area contributed by atoms with Crippen molar-refractivity contribution in [1.82, 2.24) is 20.1 Å².